The zero-order valence-corrected chi connectivity index (χ0v) is 38.0. The van der Waals surface area contributed by atoms with Crippen LogP contribution in [-0.4, -0.2) is 70.4 Å². The topological polar surface area (TPSA) is 144 Å². The average molecular weight is 936 g/mol. The van der Waals surface area contributed by atoms with E-state index in [-0.39, 0.29) is 48.0 Å². The maximum Gasteiger partial charge on any atom is 0.410 e. The van der Waals surface area contributed by atoms with Crippen LogP contribution in [0.1, 0.15) is 61.7 Å². The fraction of sp³-hybridized carbons (Fsp3) is 0.293. The third-order valence-corrected chi connectivity index (χ3v) is 15.7. The minimum absolute atomic E-state index is 0.00322. The van der Waals surface area contributed by atoms with Gasteiger partial charge in [0.15, 0.2) is 6.29 Å². The molecule has 0 N–H and O–H groups in total. The monoisotopic (exact) mass is 934 g/mol. The van der Waals surface area contributed by atoms with Crippen molar-refractivity contribution >= 4 is 76.8 Å². The smallest absolute Gasteiger partial charge is 0.410 e. The zero-order chi connectivity index (χ0) is 43.2. The summed E-state index contributed by atoms with van der Waals surface area (Å²) in [4.78, 5) is 40.0. The van der Waals surface area contributed by atoms with Crippen LogP contribution in [-0.2, 0) is 42.2 Å². The Morgan fingerprint density at radius 3 is 1.55 bits per heavy atom. The number of aldehydes is 1. The van der Waals surface area contributed by atoms with Crippen LogP contribution in [0.25, 0.3) is 11.1 Å². The van der Waals surface area contributed by atoms with Gasteiger partial charge >= 0.3 is 12.2 Å². The van der Waals surface area contributed by atoms with Gasteiger partial charge in [0.1, 0.15) is 25.4 Å². The summed E-state index contributed by atoms with van der Waals surface area (Å²) in [6.07, 6.45) is -0.642. The number of carbonyl (C=O) groups excluding carboxylic acids is 3. The highest BCUT2D eigenvalue weighted by atomic mass is 79.9. The number of nitrogens with zero attached hydrogens (tertiary/aromatic N) is 2. The molecule has 0 atom stereocenters. The van der Waals surface area contributed by atoms with Gasteiger partial charge in [-0.3, -0.25) is 4.79 Å². The molecule has 2 aromatic heterocycles. The average Bonchev–Trinajstić information content (AvgIpc) is 3.74. The number of amides is 2. The zero-order valence-electron chi connectivity index (χ0n) is 33.1. The number of hydrogen-bond acceptors (Lipinski definition) is 11. The Balaban J connectivity index is 0.000000267. The predicted molar refractivity (Wildman–Crippen MR) is 226 cm³/mol. The molecule has 0 bridgehead atoms. The van der Waals surface area contributed by atoms with Crippen LogP contribution >= 0.6 is 38.6 Å². The highest BCUT2D eigenvalue weighted by molar-refractivity contribution is 9.10. The summed E-state index contributed by atoms with van der Waals surface area (Å²) in [5, 5.41) is 0. The number of hydrogen-bond donors (Lipinski definition) is 0. The lowest BCUT2D eigenvalue weighted by Gasteiger charge is -2.24. The van der Waals surface area contributed by atoms with Crippen LogP contribution in [0.15, 0.2) is 114 Å². The number of carbonyl (C=O) groups is 3. The molecule has 0 saturated heterocycles. The minimum atomic E-state index is -3.99. The summed E-state index contributed by atoms with van der Waals surface area (Å²) in [6, 6.07) is 23.6. The Morgan fingerprint density at radius 2 is 1.10 bits per heavy atom. The second kappa shape index (κ2) is 18.7. The molecule has 0 aliphatic carbocycles. The molecular weight excluding hydrogens is 892 g/mol. The summed E-state index contributed by atoms with van der Waals surface area (Å²) in [6.45, 7) is 11.0. The highest BCUT2D eigenvalue weighted by Gasteiger charge is 2.29. The SMILES string of the molecule is CN(Cc1cc(-c2cccc(C=O)c2F)c(S(=O)(=O)c2ccccc2)s1)C(=O)OC(C)(C)C.CN(Cc1cc(Br)c(S(=O)(=O)c2ccccc2)s1)C(=O)OC(C)(C)C. The first-order valence-corrected chi connectivity index (χ1v) is 23.0. The van der Waals surface area contributed by atoms with E-state index in [2.05, 4.69) is 15.9 Å². The van der Waals surface area contributed by atoms with Gasteiger partial charge in [-0.1, -0.05) is 48.5 Å². The molecule has 310 valence electrons. The van der Waals surface area contributed by atoms with Gasteiger partial charge in [0.05, 0.1) is 28.4 Å². The molecule has 5 aromatic rings. The van der Waals surface area contributed by atoms with Gasteiger partial charge in [-0.2, -0.15) is 0 Å². The first kappa shape index (κ1) is 46.3. The van der Waals surface area contributed by atoms with Crippen molar-refractivity contribution in [3.8, 4) is 11.1 Å². The van der Waals surface area contributed by atoms with Crippen molar-refractivity contribution in [1.82, 2.24) is 9.80 Å². The third kappa shape index (κ3) is 11.8. The first-order valence-electron chi connectivity index (χ1n) is 17.6. The minimum Gasteiger partial charge on any atom is -0.444 e. The third-order valence-electron chi connectivity index (χ3n) is 7.69. The van der Waals surface area contributed by atoms with E-state index in [1.807, 2.05) is 0 Å². The van der Waals surface area contributed by atoms with Crippen LogP contribution in [0, 0.1) is 5.82 Å². The van der Waals surface area contributed by atoms with Gasteiger partial charge < -0.3 is 19.3 Å². The van der Waals surface area contributed by atoms with Gasteiger partial charge in [-0.05, 0) is 99.9 Å². The molecule has 0 spiro atoms. The molecule has 0 aliphatic heterocycles. The number of benzene rings is 3. The van der Waals surface area contributed by atoms with Gasteiger partial charge in [0.2, 0.25) is 19.7 Å². The van der Waals surface area contributed by atoms with Crippen molar-refractivity contribution in [3.63, 3.8) is 0 Å². The highest BCUT2D eigenvalue weighted by Crippen LogP contribution is 2.40. The van der Waals surface area contributed by atoms with Crippen molar-refractivity contribution in [2.24, 2.45) is 0 Å². The van der Waals surface area contributed by atoms with E-state index in [9.17, 15) is 31.2 Å². The van der Waals surface area contributed by atoms with Gasteiger partial charge in [0, 0.05) is 39.4 Å². The lowest BCUT2D eigenvalue weighted by atomic mass is 10.0. The number of thiophene rings is 2. The fourth-order valence-electron chi connectivity index (χ4n) is 5.09. The molecule has 5 rings (SSSR count). The number of ether oxygens (including phenoxy) is 2. The summed E-state index contributed by atoms with van der Waals surface area (Å²) >= 11 is 5.41. The van der Waals surface area contributed by atoms with Crippen LogP contribution in [0.4, 0.5) is 14.0 Å². The van der Waals surface area contributed by atoms with E-state index in [4.69, 9.17) is 9.47 Å². The van der Waals surface area contributed by atoms with Gasteiger partial charge in [0.25, 0.3) is 0 Å². The number of rotatable bonds is 10. The van der Waals surface area contributed by atoms with Crippen LogP contribution in [0.2, 0.25) is 0 Å². The van der Waals surface area contributed by atoms with E-state index in [0.717, 1.165) is 27.6 Å². The molecule has 0 fully saturated rings. The second-order valence-electron chi connectivity index (χ2n) is 14.9. The lowest BCUT2D eigenvalue weighted by molar-refractivity contribution is 0.0277. The summed E-state index contributed by atoms with van der Waals surface area (Å²) in [7, 11) is -4.43. The second-order valence-corrected chi connectivity index (χ2v) is 22.3. The van der Waals surface area contributed by atoms with Gasteiger partial charge in [-0.25, -0.2) is 30.8 Å². The van der Waals surface area contributed by atoms with Crippen molar-refractivity contribution in [2.45, 2.75) is 84.0 Å². The summed E-state index contributed by atoms with van der Waals surface area (Å²) in [5.74, 6) is -0.804. The molecule has 0 saturated carbocycles. The molecule has 0 aliphatic rings. The van der Waals surface area contributed by atoms with Gasteiger partial charge in [-0.15, -0.1) is 22.7 Å². The fourth-order valence-corrected chi connectivity index (χ4v) is 12.5. The Bertz CT molecular complexity index is 2480. The van der Waals surface area contributed by atoms with Crippen molar-refractivity contribution < 1.29 is 45.1 Å². The standard InChI is InChI=1S/C24H24FNO5S2.C17H20BrNO4S2/c1-24(2,3)31-23(28)26(4)14-17-13-20(19-12-8-9-16(15-27)21(19)25)22(32-17)33(29,30)18-10-6-5-7-11-18;1-17(2,3)23-16(20)19(4)11-12-10-14(18)15(24-12)25(21,22)13-8-6-5-7-9-13/h5-13,15H,14H2,1-4H3;5-10H,11H2,1-4H3. The number of sulfone groups is 2. The molecule has 0 unspecified atom stereocenters. The van der Waals surface area contributed by atoms with Crippen molar-refractivity contribution in [3.05, 3.63) is 117 Å². The molecule has 2 heterocycles. The molecule has 2 amide bonds. The molecular formula is C41H44BrFN2O9S4. The van der Waals surface area contributed by atoms with Crippen LogP contribution in [0.3, 0.4) is 0 Å². The Kier molecular flexibility index (Phi) is 14.9. The Labute approximate surface area is 355 Å². The van der Waals surface area contributed by atoms with Crippen LogP contribution in [0.5, 0.6) is 0 Å². The Hall–Kier alpha value is -4.42. The molecule has 11 nitrogen and oxygen atoms in total. The molecule has 0 radical (unpaired) electrons. The Morgan fingerprint density at radius 1 is 0.672 bits per heavy atom. The lowest BCUT2D eigenvalue weighted by Crippen LogP contribution is -2.33. The quantitative estimate of drug-likeness (QED) is 0.125. The van der Waals surface area contributed by atoms with Crippen molar-refractivity contribution in [1.29, 1.82) is 0 Å². The van der Waals surface area contributed by atoms with E-state index in [1.54, 1.807) is 103 Å². The summed E-state index contributed by atoms with van der Waals surface area (Å²) in [5.41, 5.74) is -1.31. The largest absolute Gasteiger partial charge is 0.444 e. The van der Waals surface area contributed by atoms with E-state index >= 15 is 4.39 Å². The predicted octanol–water partition coefficient (Wildman–Crippen LogP) is 10.3. The normalized spacial score (nSPS) is 11.9. The maximum atomic E-state index is 15.0. The van der Waals surface area contributed by atoms with E-state index in [0.29, 0.717) is 15.6 Å². The molecule has 58 heavy (non-hydrogen) atoms. The first-order chi connectivity index (χ1) is 26.9. The van der Waals surface area contributed by atoms with Crippen LogP contribution < -0.4 is 0 Å². The van der Waals surface area contributed by atoms with Crippen molar-refractivity contribution in [2.75, 3.05) is 14.1 Å². The molecule has 3 aromatic carbocycles. The van der Waals surface area contributed by atoms with E-state index < -0.39 is 48.9 Å². The number of halogens is 2. The maximum absolute atomic E-state index is 15.0. The molecule has 17 heteroatoms. The van der Waals surface area contributed by atoms with E-state index in [1.165, 1.54) is 53.2 Å². The summed E-state index contributed by atoms with van der Waals surface area (Å²) < 4.78 is 78.7.